The molecule has 0 unspecified atom stereocenters. The molecule has 0 aliphatic rings. The third-order valence-electron chi connectivity index (χ3n) is 4.29. The van der Waals surface area contributed by atoms with E-state index in [4.69, 9.17) is 15.2 Å². The van der Waals surface area contributed by atoms with E-state index >= 15 is 0 Å². The Morgan fingerprint density at radius 1 is 1.22 bits per heavy atom. The SMILES string of the molecule is CCCOC(=O)c1c(NC(=O)c2ccn(COc3ccc(Br)cc3)n2)sc(C(N)=O)c1C. The molecule has 0 radical (unpaired) electrons. The second-order valence-electron chi connectivity index (χ2n) is 6.68. The van der Waals surface area contributed by atoms with E-state index in [0.717, 1.165) is 15.8 Å². The normalized spacial score (nSPS) is 10.6. The summed E-state index contributed by atoms with van der Waals surface area (Å²) in [5, 5.41) is 7.02. The van der Waals surface area contributed by atoms with E-state index in [0.29, 0.717) is 17.7 Å². The van der Waals surface area contributed by atoms with E-state index in [9.17, 15) is 14.4 Å². The maximum atomic E-state index is 12.7. The fourth-order valence-electron chi connectivity index (χ4n) is 2.74. The highest BCUT2D eigenvalue weighted by molar-refractivity contribution is 9.10. The summed E-state index contributed by atoms with van der Waals surface area (Å²) in [5.74, 6) is -1.21. The predicted octanol–water partition coefficient (Wildman–Crippen LogP) is 3.97. The molecule has 9 nitrogen and oxygen atoms in total. The predicted molar refractivity (Wildman–Crippen MR) is 123 cm³/mol. The standard InChI is InChI=1S/C21H21BrN4O5S/c1-3-10-30-21(29)16-12(2)17(18(23)27)32-20(16)24-19(28)15-8-9-26(25-15)11-31-14-6-4-13(22)5-7-14/h4-9H,3,10-11H2,1-2H3,(H2,23,27)(H,24,28). The van der Waals surface area contributed by atoms with Crippen molar-refractivity contribution in [2.45, 2.75) is 27.0 Å². The smallest absolute Gasteiger partial charge is 0.341 e. The number of nitrogens with one attached hydrogen (secondary N) is 1. The Hall–Kier alpha value is -3.18. The number of thiophene rings is 1. The number of primary amides is 1. The number of esters is 1. The van der Waals surface area contributed by atoms with Crippen molar-refractivity contribution < 1.29 is 23.9 Å². The number of hydrogen-bond donors (Lipinski definition) is 2. The average Bonchev–Trinajstić information content (AvgIpc) is 3.36. The number of ether oxygens (including phenoxy) is 2. The minimum absolute atomic E-state index is 0.105. The first kappa shape index (κ1) is 23.5. The van der Waals surface area contributed by atoms with Gasteiger partial charge in [0.1, 0.15) is 10.8 Å². The quantitative estimate of drug-likeness (QED) is 0.411. The van der Waals surface area contributed by atoms with Gasteiger partial charge in [0.05, 0.1) is 17.0 Å². The van der Waals surface area contributed by atoms with Crippen LogP contribution in [0.5, 0.6) is 5.75 Å². The van der Waals surface area contributed by atoms with Crippen LogP contribution in [0.15, 0.2) is 41.0 Å². The van der Waals surface area contributed by atoms with Crippen molar-refractivity contribution in [3.8, 4) is 5.75 Å². The second kappa shape index (κ2) is 10.4. The Morgan fingerprint density at radius 2 is 1.94 bits per heavy atom. The highest BCUT2D eigenvalue weighted by Crippen LogP contribution is 2.33. The molecule has 0 spiro atoms. The van der Waals surface area contributed by atoms with Gasteiger partial charge in [-0.25, -0.2) is 9.48 Å². The number of aromatic nitrogens is 2. The lowest BCUT2D eigenvalue weighted by Crippen LogP contribution is -2.16. The molecular weight excluding hydrogens is 500 g/mol. The number of carbonyl (C=O) groups excluding carboxylic acids is 3. The van der Waals surface area contributed by atoms with Gasteiger partial charge in [-0.3, -0.25) is 9.59 Å². The van der Waals surface area contributed by atoms with Crippen LogP contribution in [0, 0.1) is 6.92 Å². The van der Waals surface area contributed by atoms with Crippen molar-refractivity contribution in [3.05, 3.63) is 62.7 Å². The summed E-state index contributed by atoms with van der Waals surface area (Å²) in [6, 6.07) is 8.82. The first-order valence-electron chi connectivity index (χ1n) is 9.63. The average molecular weight is 521 g/mol. The fraction of sp³-hybridized carbons (Fsp3) is 0.238. The lowest BCUT2D eigenvalue weighted by molar-refractivity contribution is 0.0506. The van der Waals surface area contributed by atoms with Gasteiger partial charge in [-0.2, -0.15) is 5.10 Å². The van der Waals surface area contributed by atoms with Crippen LogP contribution < -0.4 is 15.8 Å². The highest BCUT2D eigenvalue weighted by atomic mass is 79.9. The fourth-order valence-corrected chi connectivity index (χ4v) is 4.05. The van der Waals surface area contributed by atoms with Crippen LogP contribution in [0.3, 0.4) is 0 Å². The Bertz CT molecular complexity index is 1140. The minimum atomic E-state index is -0.688. The molecule has 3 rings (SSSR count). The molecular formula is C21H21BrN4O5S. The number of halogens is 1. The van der Waals surface area contributed by atoms with Gasteiger partial charge in [0, 0.05) is 10.7 Å². The minimum Gasteiger partial charge on any atom is -0.471 e. The van der Waals surface area contributed by atoms with Crippen LogP contribution >= 0.6 is 27.3 Å². The van der Waals surface area contributed by atoms with E-state index in [1.807, 2.05) is 19.1 Å². The molecule has 0 saturated heterocycles. The third kappa shape index (κ3) is 5.54. The van der Waals surface area contributed by atoms with Crippen molar-refractivity contribution in [1.82, 2.24) is 9.78 Å². The molecule has 32 heavy (non-hydrogen) atoms. The van der Waals surface area contributed by atoms with Crippen molar-refractivity contribution in [2.24, 2.45) is 5.73 Å². The zero-order chi connectivity index (χ0) is 23.3. The largest absolute Gasteiger partial charge is 0.471 e. The molecule has 0 saturated carbocycles. The van der Waals surface area contributed by atoms with E-state index in [1.165, 1.54) is 10.7 Å². The number of hydrogen-bond acceptors (Lipinski definition) is 7. The maximum absolute atomic E-state index is 12.7. The number of benzene rings is 1. The zero-order valence-corrected chi connectivity index (χ0v) is 19.8. The summed E-state index contributed by atoms with van der Waals surface area (Å²) in [4.78, 5) is 37.1. The first-order valence-corrected chi connectivity index (χ1v) is 11.2. The highest BCUT2D eigenvalue weighted by Gasteiger charge is 2.26. The molecule has 0 atom stereocenters. The summed E-state index contributed by atoms with van der Waals surface area (Å²) in [5.41, 5.74) is 6.00. The number of carbonyl (C=O) groups is 3. The van der Waals surface area contributed by atoms with Crippen LogP contribution in [0.4, 0.5) is 5.00 Å². The van der Waals surface area contributed by atoms with Crippen molar-refractivity contribution in [1.29, 1.82) is 0 Å². The lowest BCUT2D eigenvalue weighted by atomic mass is 10.1. The Labute approximate surface area is 196 Å². The molecule has 2 amide bonds. The molecule has 1 aromatic carbocycles. The van der Waals surface area contributed by atoms with Crippen molar-refractivity contribution in [3.63, 3.8) is 0 Å². The number of amides is 2. The van der Waals surface area contributed by atoms with Gasteiger partial charge >= 0.3 is 5.97 Å². The van der Waals surface area contributed by atoms with Crippen LogP contribution in [0.25, 0.3) is 0 Å². The van der Waals surface area contributed by atoms with Crippen molar-refractivity contribution in [2.75, 3.05) is 11.9 Å². The molecule has 0 bridgehead atoms. The van der Waals surface area contributed by atoms with E-state index in [-0.39, 0.29) is 34.5 Å². The Balaban J connectivity index is 1.74. The molecule has 0 aliphatic carbocycles. The Kier molecular flexibility index (Phi) is 7.65. The van der Waals surface area contributed by atoms with E-state index < -0.39 is 17.8 Å². The van der Waals surface area contributed by atoms with Gasteiger partial charge < -0.3 is 20.5 Å². The number of nitrogens with zero attached hydrogens (tertiary/aromatic N) is 2. The van der Waals surface area contributed by atoms with Crippen molar-refractivity contribution >= 4 is 50.1 Å². The molecule has 0 aliphatic heterocycles. The molecule has 2 aromatic heterocycles. The molecule has 3 N–H and O–H groups in total. The zero-order valence-electron chi connectivity index (χ0n) is 17.4. The van der Waals surface area contributed by atoms with Crippen LogP contribution in [0.2, 0.25) is 0 Å². The van der Waals surface area contributed by atoms with Gasteiger partial charge in [-0.1, -0.05) is 22.9 Å². The maximum Gasteiger partial charge on any atom is 0.341 e. The molecule has 168 valence electrons. The van der Waals surface area contributed by atoms with Crippen LogP contribution in [-0.4, -0.2) is 34.2 Å². The van der Waals surface area contributed by atoms with E-state index in [1.54, 1.807) is 25.3 Å². The van der Waals surface area contributed by atoms with Gasteiger partial charge in [0.25, 0.3) is 11.8 Å². The van der Waals surface area contributed by atoms with Gasteiger partial charge in [0.2, 0.25) is 0 Å². The molecule has 0 fully saturated rings. The number of nitrogens with two attached hydrogens (primary N) is 1. The third-order valence-corrected chi connectivity index (χ3v) is 6.04. The van der Waals surface area contributed by atoms with E-state index in [2.05, 4.69) is 26.3 Å². The summed E-state index contributed by atoms with van der Waals surface area (Å²) in [6.07, 6.45) is 2.23. The molecule has 11 heteroatoms. The van der Waals surface area contributed by atoms with Gasteiger partial charge in [0.15, 0.2) is 12.4 Å². The molecule has 2 heterocycles. The van der Waals surface area contributed by atoms with Crippen LogP contribution in [-0.2, 0) is 11.5 Å². The second-order valence-corrected chi connectivity index (χ2v) is 8.62. The summed E-state index contributed by atoms with van der Waals surface area (Å²) >= 11 is 4.28. The van der Waals surface area contributed by atoms with Gasteiger partial charge in [-0.05, 0) is 49.2 Å². The topological polar surface area (TPSA) is 126 Å². The van der Waals surface area contributed by atoms with Gasteiger partial charge in [-0.15, -0.1) is 11.3 Å². The Morgan fingerprint density at radius 3 is 2.59 bits per heavy atom. The monoisotopic (exact) mass is 520 g/mol. The number of anilines is 1. The molecule has 3 aromatic rings. The number of rotatable bonds is 9. The lowest BCUT2D eigenvalue weighted by Gasteiger charge is -2.07. The van der Waals surface area contributed by atoms with Crippen LogP contribution in [0.1, 0.15) is 49.4 Å². The first-order chi connectivity index (χ1) is 15.3. The summed E-state index contributed by atoms with van der Waals surface area (Å²) < 4.78 is 13.2. The summed E-state index contributed by atoms with van der Waals surface area (Å²) in [6.45, 7) is 3.77. The summed E-state index contributed by atoms with van der Waals surface area (Å²) in [7, 11) is 0.